The van der Waals surface area contributed by atoms with Crippen molar-refractivity contribution >= 4 is 23.7 Å². The lowest BCUT2D eigenvalue weighted by atomic mass is 10.1. The van der Waals surface area contributed by atoms with Crippen LogP contribution in [0.1, 0.15) is 36.9 Å². The Labute approximate surface area is 181 Å². The third kappa shape index (κ3) is 6.49. The highest BCUT2D eigenvalue weighted by Gasteiger charge is 2.17. The molecule has 0 bridgehead atoms. The first-order valence-electron chi connectivity index (χ1n) is 9.16. The summed E-state index contributed by atoms with van der Waals surface area (Å²) in [6.45, 7) is 1.90. The van der Waals surface area contributed by atoms with E-state index in [1.54, 1.807) is 37.3 Å². The fourth-order valence-corrected chi connectivity index (χ4v) is 2.55. The number of esters is 1. The highest BCUT2D eigenvalue weighted by molar-refractivity contribution is 5.93. The van der Waals surface area contributed by atoms with Crippen LogP contribution < -0.4 is 0 Å². The summed E-state index contributed by atoms with van der Waals surface area (Å²) < 4.78 is 6.48. The number of imidazole rings is 1. The molecule has 0 spiro atoms. The molecule has 32 heavy (non-hydrogen) atoms. The molecule has 11 heteroatoms. The Kier molecular flexibility index (Phi) is 8.17. The van der Waals surface area contributed by atoms with Crippen molar-refractivity contribution in [1.29, 1.82) is 0 Å². The van der Waals surface area contributed by atoms with Gasteiger partial charge in [-0.2, -0.15) is 0 Å². The number of carbonyl (C=O) groups is 3. The molecule has 11 nitrogen and oxygen atoms in total. The molecule has 2 aromatic carbocycles. The van der Waals surface area contributed by atoms with E-state index in [-0.39, 0.29) is 30.1 Å². The number of carboxylic acids is 2. The van der Waals surface area contributed by atoms with Crippen LogP contribution >= 0.6 is 0 Å². The van der Waals surface area contributed by atoms with Gasteiger partial charge in [0.05, 0.1) is 16.7 Å². The van der Waals surface area contributed by atoms with Crippen molar-refractivity contribution in [3.05, 3.63) is 93.4 Å². The number of carbonyl (C=O) groups excluding carboxylic acids is 1. The molecule has 0 radical (unpaired) electrons. The van der Waals surface area contributed by atoms with Crippen LogP contribution in [0.25, 0.3) is 0 Å². The number of carboxylic acid groups (broad SMARTS) is 2. The van der Waals surface area contributed by atoms with Crippen molar-refractivity contribution in [2.24, 2.45) is 0 Å². The second-order valence-electron chi connectivity index (χ2n) is 6.27. The van der Waals surface area contributed by atoms with E-state index in [4.69, 9.17) is 14.9 Å². The molecule has 3 rings (SSSR count). The number of aromatic carboxylic acids is 2. The van der Waals surface area contributed by atoms with Crippen LogP contribution in [-0.2, 0) is 11.3 Å². The lowest BCUT2D eigenvalue weighted by Gasteiger charge is -2.05. The minimum atomic E-state index is -1.13. The fraction of sp³-hybridized carbons (Fsp3) is 0.143. The van der Waals surface area contributed by atoms with Crippen molar-refractivity contribution in [2.75, 3.05) is 6.61 Å². The zero-order valence-corrected chi connectivity index (χ0v) is 16.9. The molecule has 0 aliphatic carbocycles. The van der Waals surface area contributed by atoms with Crippen molar-refractivity contribution in [3.8, 4) is 0 Å². The van der Waals surface area contributed by atoms with Gasteiger partial charge in [0.1, 0.15) is 19.3 Å². The van der Waals surface area contributed by atoms with E-state index >= 15 is 0 Å². The molecular formula is C21H19N3O8. The van der Waals surface area contributed by atoms with E-state index in [1.165, 1.54) is 29.0 Å². The van der Waals surface area contributed by atoms with Gasteiger partial charge in [-0.3, -0.25) is 0 Å². The SMILES string of the molecule is Cc1ncc([N+](=O)[O-])n1CCOC(=O)c1ccccc1.O=C(O)c1cccc(C(=O)O)c1. The predicted octanol–water partition coefficient (Wildman–Crippen LogP) is 3.04. The fourth-order valence-electron chi connectivity index (χ4n) is 2.55. The summed E-state index contributed by atoms with van der Waals surface area (Å²) in [6.07, 6.45) is 1.19. The van der Waals surface area contributed by atoms with Gasteiger partial charge in [-0.05, 0) is 35.3 Å². The lowest BCUT2D eigenvalue weighted by Crippen LogP contribution is -2.13. The number of aromatic nitrogens is 2. The molecule has 0 aliphatic rings. The van der Waals surface area contributed by atoms with Gasteiger partial charge in [-0.15, -0.1) is 0 Å². The number of aryl methyl sites for hydroxylation is 1. The molecule has 0 unspecified atom stereocenters. The van der Waals surface area contributed by atoms with Gasteiger partial charge in [-0.25, -0.2) is 23.9 Å². The van der Waals surface area contributed by atoms with Crippen molar-refractivity contribution in [2.45, 2.75) is 13.5 Å². The first-order chi connectivity index (χ1) is 15.2. The van der Waals surface area contributed by atoms with Crippen LogP contribution in [0.3, 0.4) is 0 Å². The summed E-state index contributed by atoms with van der Waals surface area (Å²) in [5.74, 6) is -2.31. The Hall–Kier alpha value is -4.54. The molecule has 0 fully saturated rings. The normalized spacial score (nSPS) is 9.91. The number of nitrogens with zero attached hydrogens (tertiary/aromatic N) is 3. The Morgan fingerprint density at radius 2 is 1.56 bits per heavy atom. The molecule has 0 aliphatic heterocycles. The maximum absolute atomic E-state index is 11.7. The average molecular weight is 441 g/mol. The molecule has 0 atom stereocenters. The molecule has 0 saturated carbocycles. The molecule has 0 amide bonds. The smallest absolute Gasteiger partial charge is 0.342 e. The van der Waals surface area contributed by atoms with E-state index in [2.05, 4.69) is 4.98 Å². The van der Waals surface area contributed by atoms with Crippen LogP contribution in [0.15, 0.2) is 60.8 Å². The standard InChI is InChI=1S/C13H13N3O4.C8H6O4/c1-10-14-9-12(16(18)19)15(10)7-8-20-13(17)11-5-3-2-4-6-11;9-7(10)5-2-1-3-6(4-5)8(11)12/h2-6,9H,7-8H2,1H3;1-4H,(H,9,10)(H,11,12). The summed E-state index contributed by atoms with van der Waals surface area (Å²) in [7, 11) is 0. The Morgan fingerprint density at radius 3 is 2.09 bits per heavy atom. The summed E-state index contributed by atoms with van der Waals surface area (Å²) in [6, 6.07) is 13.8. The molecule has 3 aromatic rings. The molecule has 166 valence electrons. The number of hydrogen-bond acceptors (Lipinski definition) is 7. The summed E-state index contributed by atoms with van der Waals surface area (Å²) in [4.78, 5) is 46.6. The molecule has 2 N–H and O–H groups in total. The van der Waals surface area contributed by atoms with Gasteiger partial charge in [0.15, 0.2) is 5.82 Å². The summed E-state index contributed by atoms with van der Waals surface area (Å²) in [5, 5.41) is 27.8. The highest BCUT2D eigenvalue weighted by atomic mass is 16.6. The largest absolute Gasteiger partial charge is 0.478 e. The summed E-state index contributed by atoms with van der Waals surface area (Å²) in [5.41, 5.74) is 0.411. The maximum atomic E-state index is 11.7. The summed E-state index contributed by atoms with van der Waals surface area (Å²) >= 11 is 0. The zero-order chi connectivity index (χ0) is 23.7. The van der Waals surface area contributed by atoms with Crippen molar-refractivity contribution in [1.82, 2.24) is 9.55 Å². The number of rotatable bonds is 7. The number of hydrogen-bond donors (Lipinski definition) is 2. The van der Waals surface area contributed by atoms with Crippen LogP contribution in [0, 0.1) is 17.0 Å². The van der Waals surface area contributed by atoms with E-state index in [9.17, 15) is 24.5 Å². The van der Waals surface area contributed by atoms with Crippen LogP contribution in [0.5, 0.6) is 0 Å². The monoisotopic (exact) mass is 441 g/mol. The number of nitro groups is 1. The second-order valence-corrected chi connectivity index (χ2v) is 6.27. The molecular weight excluding hydrogens is 422 g/mol. The van der Waals surface area contributed by atoms with Crippen LogP contribution in [0.2, 0.25) is 0 Å². The third-order valence-corrected chi connectivity index (χ3v) is 4.14. The van der Waals surface area contributed by atoms with E-state index in [0.29, 0.717) is 11.4 Å². The quantitative estimate of drug-likeness (QED) is 0.319. The van der Waals surface area contributed by atoms with E-state index < -0.39 is 22.8 Å². The maximum Gasteiger partial charge on any atom is 0.342 e. The minimum absolute atomic E-state index is 0.0186. The van der Waals surface area contributed by atoms with Gasteiger partial charge < -0.3 is 25.1 Å². The van der Waals surface area contributed by atoms with Crippen LogP contribution in [0.4, 0.5) is 5.82 Å². The molecule has 0 saturated heterocycles. The molecule has 1 heterocycles. The third-order valence-electron chi connectivity index (χ3n) is 4.14. The van der Waals surface area contributed by atoms with Gasteiger partial charge in [0.2, 0.25) is 0 Å². The number of benzene rings is 2. The topological polar surface area (TPSA) is 162 Å². The Morgan fingerprint density at radius 1 is 1.00 bits per heavy atom. The average Bonchev–Trinajstić information content (AvgIpc) is 3.15. The van der Waals surface area contributed by atoms with Gasteiger partial charge >= 0.3 is 23.7 Å². The van der Waals surface area contributed by atoms with Gasteiger partial charge in [-0.1, -0.05) is 24.3 Å². The first kappa shape index (κ1) is 23.7. The minimum Gasteiger partial charge on any atom is -0.478 e. The first-order valence-corrected chi connectivity index (χ1v) is 9.16. The highest BCUT2D eigenvalue weighted by Crippen LogP contribution is 2.13. The Balaban J connectivity index is 0.000000258. The van der Waals surface area contributed by atoms with E-state index in [1.807, 2.05) is 0 Å². The second kappa shape index (κ2) is 11.0. The molecule has 1 aromatic heterocycles. The Bertz CT molecular complexity index is 1100. The van der Waals surface area contributed by atoms with Gasteiger partial charge in [0, 0.05) is 6.92 Å². The number of ether oxygens (including phenoxy) is 1. The van der Waals surface area contributed by atoms with E-state index in [0.717, 1.165) is 6.07 Å². The van der Waals surface area contributed by atoms with Gasteiger partial charge in [0.25, 0.3) is 0 Å². The predicted molar refractivity (Wildman–Crippen MR) is 111 cm³/mol. The van der Waals surface area contributed by atoms with Crippen molar-refractivity contribution < 1.29 is 34.3 Å². The zero-order valence-electron chi connectivity index (χ0n) is 16.9. The van der Waals surface area contributed by atoms with Crippen LogP contribution in [-0.4, -0.2) is 49.2 Å². The lowest BCUT2D eigenvalue weighted by molar-refractivity contribution is -0.392. The van der Waals surface area contributed by atoms with Crippen molar-refractivity contribution in [3.63, 3.8) is 0 Å².